The van der Waals surface area contributed by atoms with E-state index < -0.39 is 0 Å². The van der Waals surface area contributed by atoms with Crippen LogP contribution >= 0.6 is 11.3 Å². The first-order chi connectivity index (χ1) is 11.2. The molecule has 2 aromatic carbocycles. The lowest BCUT2D eigenvalue weighted by atomic mass is 10.2. The first-order valence-corrected chi connectivity index (χ1v) is 7.75. The van der Waals surface area contributed by atoms with Gasteiger partial charge in [0.15, 0.2) is 5.82 Å². The van der Waals surface area contributed by atoms with Crippen molar-refractivity contribution in [1.29, 1.82) is 0 Å². The molecule has 2 aromatic heterocycles. The molecule has 112 valence electrons. The number of hydrogen-bond donors (Lipinski definition) is 0. The standard InChI is InChI=1S/C17H10FN3OS/c18-13-8-6-11(7-9-13)10-14-16(22)21-17(23-14)19-15(20-21)12-4-2-1-3-5-12/h1-10H/b14-10+. The highest BCUT2D eigenvalue weighted by Gasteiger charge is 2.11. The van der Waals surface area contributed by atoms with E-state index in [9.17, 15) is 9.18 Å². The molecule has 0 N–H and O–H groups in total. The van der Waals surface area contributed by atoms with Crippen LogP contribution in [0.3, 0.4) is 0 Å². The summed E-state index contributed by atoms with van der Waals surface area (Å²) >= 11 is 1.27. The molecule has 0 aliphatic heterocycles. The van der Waals surface area contributed by atoms with Crippen LogP contribution in [0.4, 0.5) is 4.39 Å². The quantitative estimate of drug-likeness (QED) is 0.569. The summed E-state index contributed by atoms with van der Waals surface area (Å²) in [5.41, 5.74) is 1.41. The van der Waals surface area contributed by atoms with E-state index in [1.807, 2.05) is 30.3 Å². The summed E-state index contributed by atoms with van der Waals surface area (Å²) < 4.78 is 14.8. The molecule has 0 aliphatic carbocycles. The van der Waals surface area contributed by atoms with Crippen LogP contribution in [-0.4, -0.2) is 14.6 Å². The summed E-state index contributed by atoms with van der Waals surface area (Å²) in [6.07, 6.45) is 1.71. The number of rotatable bonds is 2. The van der Waals surface area contributed by atoms with Gasteiger partial charge in [0.05, 0.1) is 4.53 Å². The highest BCUT2D eigenvalue weighted by molar-refractivity contribution is 7.15. The molecule has 0 aliphatic rings. The predicted octanol–water partition coefficient (Wildman–Crippen LogP) is 2.50. The van der Waals surface area contributed by atoms with Gasteiger partial charge in [-0.15, -0.1) is 5.10 Å². The van der Waals surface area contributed by atoms with Crippen LogP contribution in [0.5, 0.6) is 0 Å². The van der Waals surface area contributed by atoms with Crippen molar-refractivity contribution >= 4 is 22.4 Å². The summed E-state index contributed by atoms with van der Waals surface area (Å²) in [6.45, 7) is 0. The van der Waals surface area contributed by atoms with Gasteiger partial charge >= 0.3 is 0 Å². The summed E-state index contributed by atoms with van der Waals surface area (Å²) in [4.78, 5) is 17.4. The van der Waals surface area contributed by atoms with E-state index in [1.54, 1.807) is 18.2 Å². The fourth-order valence-corrected chi connectivity index (χ4v) is 3.16. The molecule has 2 heterocycles. The van der Waals surface area contributed by atoms with E-state index in [4.69, 9.17) is 0 Å². The molecular weight excluding hydrogens is 313 g/mol. The monoisotopic (exact) mass is 323 g/mol. The van der Waals surface area contributed by atoms with Gasteiger partial charge in [-0.3, -0.25) is 4.79 Å². The average Bonchev–Trinajstić information content (AvgIpc) is 3.11. The molecule has 4 rings (SSSR count). The number of halogens is 1. The van der Waals surface area contributed by atoms with Crippen LogP contribution in [0.2, 0.25) is 0 Å². The minimum absolute atomic E-state index is 0.219. The first kappa shape index (κ1) is 13.8. The Morgan fingerprint density at radius 3 is 2.48 bits per heavy atom. The van der Waals surface area contributed by atoms with Gasteiger partial charge in [-0.25, -0.2) is 4.39 Å². The van der Waals surface area contributed by atoms with Crippen molar-refractivity contribution in [3.8, 4) is 11.4 Å². The molecule has 0 spiro atoms. The molecule has 23 heavy (non-hydrogen) atoms. The second kappa shape index (κ2) is 5.40. The molecule has 0 bridgehead atoms. The van der Waals surface area contributed by atoms with Crippen molar-refractivity contribution in [2.75, 3.05) is 0 Å². The van der Waals surface area contributed by atoms with Gasteiger partial charge in [0.25, 0.3) is 5.56 Å². The van der Waals surface area contributed by atoms with E-state index in [0.717, 1.165) is 11.1 Å². The Morgan fingerprint density at radius 1 is 1.04 bits per heavy atom. The van der Waals surface area contributed by atoms with Crippen LogP contribution < -0.4 is 10.1 Å². The molecule has 0 unspecified atom stereocenters. The number of nitrogens with zero attached hydrogens (tertiary/aromatic N) is 3. The second-order valence-corrected chi connectivity index (χ2v) is 5.97. The van der Waals surface area contributed by atoms with Crippen molar-refractivity contribution in [3.05, 3.63) is 80.9 Å². The smallest absolute Gasteiger partial charge is 0.266 e. The number of benzene rings is 2. The maximum atomic E-state index is 12.9. The predicted molar refractivity (Wildman–Crippen MR) is 87.8 cm³/mol. The van der Waals surface area contributed by atoms with Crippen LogP contribution in [0.15, 0.2) is 59.4 Å². The van der Waals surface area contributed by atoms with Crippen molar-refractivity contribution in [1.82, 2.24) is 14.6 Å². The fourth-order valence-electron chi connectivity index (χ4n) is 2.25. The first-order valence-electron chi connectivity index (χ1n) is 6.93. The van der Waals surface area contributed by atoms with E-state index in [1.165, 1.54) is 28.0 Å². The Balaban J connectivity index is 1.82. The maximum Gasteiger partial charge on any atom is 0.291 e. The van der Waals surface area contributed by atoms with Crippen LogP contribution in [-0.2, 0) is 0 Å². The van der Waals surface area contributed by atoms with Gasteiger partial charge in [0.1, 0.15) is 5.82 Å². The Morgan fingerprint density at radius 2 is 1.78 bits per heavy atom. The minimum atomic E-state index is -0.306. The molecule has 6 heteroatoms. The van der Waals surface area contributed by atoms with E-state index in [0.29, 0.717) is 15.3 Å². The number of hydrogen-bond acceptors (Lipinski definition) is 4. The fraction of sp³-hybridized carbons (Fsp3) is 0. The highest BCUT2D eigenvalue weighted by atomic mass is 32.1. The Hall–Kier alpha value is -2.86. The third-order valence-electron chi connectivity index (χ3n) is 3.38. The van der Waals surface area contributed by atoms with E-state index in [2.05, 4.69) is 10.1 Å². The molecule has 0 fully saturated rings. The summed E-state index contributed by atoms with van der Waals surface area (Å²) in [6, 6.07) is 15.5. The van der Waals surface area contributed by atoms with Gasteiger partial charge in [-0.1, -0.05) is 53.8 Å². The van der Waals surface area contributed by atoms with Gasteiger partial charge in [0.2, 0.25) is 4.96 Å². The third kappa shape index (κ3) is 2.53. The molecule has 0 saturated heterocycles. The molecule has 0 saturated carbocycles. The van der Waals surface area contributed by atoms with Crippen molar-refractivity contribution in [2.45, 2.75) is 0 Å². The Bertz CT molecular complexity index is 1080. The Labute approximate surface area is 134 Å². The largest absolute Gasteiger partial charge is 0.291 e. The summed E-state index contributed by atoms with van der Waals surface area (Å²) in [5.74, 6) is 0.224. The normalized spacial score (nSPS) is 12.1. The highest BCUT2D eigenvalue weighted by Crippen LogP contribution is 2.15. The van der Waals surface area contributed by atoms with Crippen molar-refractivity contribution < 1.29 is 4.39 Å². The van der Waals surface area contributed by atoms with E-state index >= 15 is 0 Å². The van der Waals surface area contributed by atoms with Crippen LogP contribution in [0.1, 0.15) is 5.56 Å². The zero-order chi connectivity index (χ0) is 15.8. The van der Waals surface area contributed by atoms with E-state index in [-0.39, 0.29) is 11.4 Å². The topological polar surface area (TPSA) is 47.3 Å². The second-order valence-electron chi connectivity index (χ2n) is 4.96. The number of fused-ring (bicyclic) bond motifs is 1. The lowest BCUT2D eigenvalue weighted by Gasteiger charge is -1.91. The molecule has 0 atom stereocenters. The van der Waals surface area contributed by atoms with Gasteiger partial charge < -0.3 is 0 Å². The van der Waals surface area contributed by atoms with Gasteiger partial charge in [-0.05, 0) is 23.8 Å². The van der Waals surface area contributed by atoms with Crippen LogP contribution in [0, 0.1) is 5.82 Å². The third-order valence-corrected chi connectivity index (χ3v) is 4.34. The van der Waals surface area contributed by atoms with Gasteiger partial charge in [0, 0.05) is 5.56 Å². The Kier molecular flexibility index (Phi) is 3.24. The zero-order valence-electron chi connectivity index (χ0n) is 11.8. The van der Waals surface area contributed by atoms with Crippen molar-refractivity contribution in [3.63, 3.8) is 0 Å². The number of aromatic nitrogens is 3. The maximum absolute atomic E-state index is 12.9. The van der Waals surface area contributed by atoms with Crippen molar-refractivity contribution in [2.24, 2.45) is 0 Å². The van der Waals surface area contributed by atoms with Crippen LogP contribution in [0.25, 0.3) is 22.4 Å². The summed E-state index contributed by atoms with van der Waals surface area (Å²) in [5, 5.41) is 4.28. The molecule has 0 radical (unpaired) electrons. The minimum Gasteiger partial charge on any atom is -0.266 e. The lowest BCUT2D eigenvalue weighted by molar-refractivity contribution is 0.628. The molecule has 4 nitrogen and oxygen atoms in total. The SMILES string of the molecule is O=c1/c(=C\c2ccc(F)cc2)sc2nc(-c3ccccc3)nn12. The van der Waals surface area contributed by atoms with Gasteiger partial charge in [-0.2, -0.15) is 9.50 Å². The zero-order valence-corrected chi connectivity index (χ0v) is 12.6. The molecule has 0 amide bonds. The summed E-state index contributed by atoms with van der Waals surface area (Å²) in [7, 11) is 0. The number of thiazole rings is 1. The molecular formula is C17H10FN3OS. The average molecular weight is 323 g/mol. The molecule has 4 aromatic rings. The lowest BCUT2D eigenvalue weighted by Crippen LogP contribution is -2.23.